The molecule has 2 atom stereocenters. The maximum Gasteiger partial charge on any atom is 0.410 e. The van der Waals surface area contributed by atoms with E-state index >= 15 is 0 Å². The summed E-state index contributed by atoms with van der Waals surface area (Å²) in [6.45, 7) is 1.72. The predicted molar refractivity (Wildman–Crippen MR) is 92.3 cm³/mol. The Morgan fingerprint density at radius 3 is 2.85 bits per heavy atom. The van der Waals surface area contributed by atoms with Crippen molar-refractivity contribution in [2.75, 3.05) is 5.32 Å². The van der Waals surface area contributed by atoms with Crippen molar-refractivity contribution < 1.29 is 13.2 Å². The van der Waals surface area contributed by atoms with Crippen LogP contribution < -0.4 is 5.32 Å². The molecule has 0 saturated carbocycles. The monoisotopic (exact) mass is 373 g/mol. The van der Waals surface area contributed by atoms with Crippen molar-refractivity contribution in [2.24, 2.45) is 0 Å². The van der Waals surface area contributed by atoms with E-state index in [1.165, 1.54) is 10.7 Å². The van der Waals surface area contributed by atoms with Crippen LogP contribution in [-0.4, -0.2) is 41.6 Å². The van der Waals surface area contributed by atoms with Gasteiger partial charge in [-0.25, -0.2) is 19.2 Å². The summed E-state index contributed by atoms with van der Waals surface area (Å²) in [6, 6.07) is 5.47. The zero-order valence-corrected chi connectivity index (χ0v) is 14.1. The van der Waals surface area contributed by atoms with Gasteiger partial charge in [0, 0.05) is 11.4 Å². The van der Waals surface area contributed by atoms with Crippen molar-refractivity contribution in [3.8, 4) is 11.4 Å². The summed E-state index contributed by atoms with van der Waals surface area (Å²) in [5, 5.41) is 12.3. The lowest BCUT2D eigenvalue weighted by Crippen LogP contribution is -2.38. The highest BCUT2D eigenvalue weighted by Crippen LogP contribution is 2.42. The molecule has 0 radical (unpaired) electrons. The number of anilines is 1. The van der Waals surface area contributed by atoms with Gasteiger partial charge in [0.2, 0.25) is 0 Å². The maximum atomic E-state index is 13.4. The standard InChI is InChI=1S/C17H14F3N7/c1-9-6-13(17(18,19)20)27-16(23-9)11(7-22-27)14-24-15-10-4-2-3-5-12(10)21-8-26(15)25-14/h2-5,7-9,13,23H,6H2,1H3. The number of hydrogen-bond donors (Lipinski definition) is 1. The van der Waals surface area contributed by atoms with Gasteiger partial charge in [0.05, 0.1) is 17.3 Å². The minimum Gasteiger partial charge on any atom is -0.367 e. The molecular formula is C17H14F3N7. The molecule has 4 aromatic rings. The van der Waals surface area contributed by atoms with Gasteiger partial charge in [0.25, 0.3) is 0 Å². The lowest BCUT2D eigenvalue weighted by Gasteiger charge is -2.31. The van der Waals surface area contributed by atoms with Gasteiger partial charge in [-0.3, -0.25) is 0 Å². The molecule has 138 valence electrons. The molecule has 1 aliphatic heterocycles. The largest absolute Gasteiger partial charge is 0.410 e. The van der Waals surface area contributed by atoms with Crippen molar-refractivity contribution in [3.05, 3.63) is 36.8 Å². The quantitative estimate of drug-likeness (QED) is 0.553. The van der Waals surface area contributed by atoms with Crippen LogP contribution in [0.5, 0.6) is 0 Å². The second-order valence-corrected chi connectivity index (χ2v) is 6.66. The van der Waals surface area contributed by atoms with Gasteiger partial charge in [-0.1, -0.05) is 12.1 Å². The Hall–Kier alpha value is -3.17. The normalized spacial score (nSPS) is 20.0. The molecular weight excluding hydrogens is 359 g/mol. The van der Waals surface area contributed by atoms with Gasteiger partial charge in [-0.2, -0.15) is 18.3 Å². The number of fused-ring (bicyclic) bond motifs is 4. The zero-order chi connectivity index (χ0) is 18.8. The van der Waals surface area contributed by atoms with Gasteiger partial charge >= 0.3 is 6.18 Å². The van der Waals surface area contributed by atoms with Gasteiger partial charge in [-0.05, 0) is 25.5 Å². The van der Waals surface area contributed by atoms with Gasteiger partial charge in [0.15, 0.2) is 17.5 Å². The van der Waals surface area contributed by atoms with E-state index in [0.29, 0.717) is 17.0 Å². The van der Waals surface area contributed by atoms with E-state index in [1.807, 2.05) is 24.3 Å². The number of benzene rings is 1. The number of nitrogens with zero attached hydrogens (tertiary/aromatic N) is 6. The summed E-state index contributed by atoms with van der Waals surface area (Å²) in [5.74, 6) is 0.584. The highest BCUT2D eigenvalue weighted by Gasteiger charge is 2.46. The van der Waals surface area contributed by atoms with E-state index in [9.17, 15) is 13.2 Å². The molecule has 3 aromatic heterocycles. The van der Waals surface area contributed by atoms with Crippen LogP contribution in [-0.2, 0) is 0 Å². The number of aromatic nitrogens is 6. The first-order valence-electron chi connectivity index (χ1n) is 8.43. The fourth-order valence-electron chi connectivity index (χ4n) is 3.50. The van der Waals surface area contributed by atoms with Crippen molar-refractivity contribution in [3.63, 3.8) is 0 Å². The molecule has 10 heteroatoms. The van der Waals surface area contributed by atoms with E-state index in [-0.39, 0.29) is 18.3 Å². The second-order valence-electron chi connectivity index (χ2n) is 6.66. The van der Waals surface area contributed by atoms with Crippen LogP contribution in [0.1, 0.15) is 19.4 Å². The van der Waals surface area contributed by atoms with Gasteiger partial charge in [0.1, 0.15) is 12.1 Å². The molecule has 1 aliphatic rings. The van der Waals surface area contributed by atoms with Gasteiger partial charge < -0.3 is 5.32 Å². The SMILES string of the molecule is CC1CC(C(F)(F)F)n2ncc(-c3nc4c5ccccc5ncn4n3)c2N1. The van der Waals surface area contributed by atoms with E-state index in [4.69, 9.17) is 0 Å². The van der Waals surface area contributed by atoms with Crippen LogP contribution in [0.25, 0.3) is 27.9 Å². The molecule has 5 rings (SSSR count). The number of hydrogen-bond acceptors (Lipinski definition) is 5. The number of para-hydroxylation sites is 1. The molecule has 0 spiro atoms. The fraction of sp³-hybridized carbons (Fsp3) is 0.294. The smallest absolute Gasteiger partial charge is 0.367 e. The minimum absolute atomic E-state index is 0.0786. The van der Waals surface area contributed by atoms with Crippen LogP contribution in [0.4, 0.5) is 19.0 Å². The van der Waals surface area contributed by atoms with Crippen LogP contribution in [0.3, 0.4) is 0 Å². The number of halogens is 3. The molecule has 7 nitrogen and oxygen atoms in total. The van der Waals surface area contributed by atoms with Crippen LogP contribution in [0.2, 0.25) is 0 Å². The highest BCUT2D eigenvalue weighted by molar-refractivity contribution is 5.91. The number of rotatable bonds is 1. The summed E-state index contributed by atoms with van der Waals surface area (Å²) in [4.78, 5) is 8.86. The first-order valence-corrected chi connectivity index (χ1v) is 8.43. The summed E-state index contributed by atoms with van der Waals surface area (Å²) in [5.41, 5.74) is 1.79. The first kappa shape index (κ1) is 16.0. The van der Waals surface area contributed by atoms with E-state index < -0.39 is 12.2 Å². The molecule has 0 saturated heterocycles. The Labute approximate surface area is 150 Å². The minimum atomic E-state index is -4.37. The molecule has 1 N–H and O–H groups in total. The summed E-state index contributed by atoms with van der Waals surface area (Å²) in [6.07, 6.45) is -1.53. The van der Waals surface area contributed by atoms with Crippen molar-refractivity contribution in [1.29, 1.82) is 0 Å². The van der Waals surface area contributed by atoms with Crippen molar-refractivity contribution >= 4 is 22.4 Å². The van der Waals surface area contributed by atoms with Gasteiger partial charge in [-0.15, -0.1) is 5.10 Å². The molecule has 2 unspecified atom stereocenters. The lowest BCUT2D eigenvalue weighted by molar-refractivity contribution is -0.173. The Kier molecular flexibility index (Phi) is 3.22. The molecule has 27 heavy (non-hydrogen) atoms. The van der Waals surface area contributed by atoms with E-state index in [0.717, 1.165) is 15.6 Å². The average molecular weight is 373 g/mol. The molecule has 0 amide bonds. The summed E-state index contributed by atoms with van der Waals surface area (Å²) in [7, 11) is 0. The van der Waals surface area contributed by atoms with E-state index in [2.05, 4.69) is 25.5 Å². The predicted octanol–water partition coefficient (Wildman–Crippen LogP) is 3.45. The van der Waals surface area contributed by atoms with Crippen LogP contribution in [0.15, 0.2) is 36.8 Å². The Bertz CT molecular complexity index is 1160. The molecule has 0 bridgehead atoms. The third kappa shape index (κ3) is 2.43. The number of nitrogens with one attached hydrogen (secondary N) is 1. The fourth-order valence-corrected chi connectivity index (χ4v) is 3.50. The second kappa shape index (κ2) is 5.41. The summed E-state index contributed by atoms with van der Waals surface area (Å²) < 4.78 is 42.8. The highest BCUT2D eigenvalue weighted by atomic mass is 19.4. The Morgan fingerprint density at radius 1 is 1.22 bits per heavy atom. The third-order valence-corrected chi connectivity index (χ3v) is 4.75. The summed E-state index contributed by atoms with van der Waals surface area (Å²) >= 11 is 0. The lowest BCUT2D eigenvalue weighted by atomic mass is 10.1. The van der Waals surface area contributed by atoms with Crippen molar-refractivity contribution in [2.45, 2.75) is 31.6 Å². The molecule has 4 heterocycles. The van der Waals surface area contributed by atoms with Crippen LogP contribution in [0, 0.1) is 0 Å². The molecule has 0 aliphatic carbocycles. The molecule has 0 fully saturated rings. The van der Waals surface area contributed by atoms with Crippen LogP contribution >= 0.6 is 0 Å². The van der Waals surface area contributed by atoms with Crippen molar-refractivity contribution in [1.82, 2.24) is 29.4 Å². The topological polar surface area (TPSA) is 72.9 Å². The maximum absolute atomic E-state index is 13.4. The van der Waals surface area contributed by atoms with E-state index in [1.54, 1.807) is 13.3 Å². The molecule has 1 aromatic carbocycles. The average Bonchev–Trinajstić information content (AvgIpc) is 3.23. The third-order valence-electron chi connectivity index (χ3n) is 4.75. The Balaban J connectivity index is 1.68. The Morgan fingerprint density at radius 2 is 2.04 bits per heavy atom. The zero-order valence-electron chi connectivity index (χ0n) is 14.1. The first-order chi connectivity index (χ1) is 12.9. The number of alkyl halides is 3.